The second-order valence-corrected chi connectivity index (χ2v) is 10.7. The van der Waals surface area contributed by atoms with Crippen LogP contribution in [0, 0.1) is 0 Å². The fourth-order valence-electron chi connectivity index (χ4n) is 2.43. The Kier molecular flexibility index (Phi) is 6.54. The van der Waals surface area contributed by atoms with Crippen molar-refractivity contribution in [3.05, 3.63) is 35.5 Å². The minimum Gasteiger partial charge on any atom is -0.497 e. The molecule has 0 bridgehead atoms. The maximum Gasteiger partial charge on any atom is 0.356 e. The van der Waals surface area contributed by atoms with E-state index in [9.17, 15) is 9.59 Å². The first kappa shape index (κ1) is 20.8. The van der Waals surface area contributed by atoms with Gasteiger partial charge < -0.3 is 14.2 Å². The van der Waals surface area contributed by atoms with Crippen LogP contribution in [0.15, 0.2) is 29.3 Å². The van der Waals surface area contributed by atoms with Crippen LogP contribution in [0.4, 0.5) is 0 Å². The molecule has 1 aromatic carbocycles. The van der Waals surface area contributed by atoms with Crippen LogP contribution in [-0.2, 0) is 11.3 Å². The molecular formula is C19H26N2O5S. The zero-order chi connectivity index (χ0) is 20.2. The summed E-state index contributed by atoms with van der Waals surface area (Å²) in [5.74, 6) is 0.284. The summed E-state index contributed by atoms with van der Waals surface area (Å²) in [6, 6.07) is 6.69. The van der Waals surface area contributed by atoms with Crippen LogP contribution in [0.25, 0.3) is 0 Å². The highest BCUT2D eigenvalue weighted by atomic mass is 32.3. The van der Waals surface area contributed by atoms with Gasteiger partial charge in [-0.05, 0) is 37.8 Å². The van der Waals surface area contributed by atoms with Crippen LogP contribution >= 0.6 is 10.0 Å². The van der Waals surface area contributed by atoms with Crippen molar-refractivity contribution in [1.29, 1.82) is 0 Å². The number of hydrogen-bond acceptors (Lipinski definition) is 6. The van der Waals surface area contributed by atoms with E-state index in [4.69, 9.17) is 14.2 Å². The zero-order valence-corrected chi connectivity index (χ0v) is 17.4. The number of nitrogens with zero attached hydrogens (tertiary/aromatic N) is 2. The van der Waals surface area contributed by atoms with Gasteiger partial charge in [0.05, 0.1) is 26.4 Å². The van der Waals surface area contributed by atoms with Crippen molar-refractivity contribution in [2.75, 3.05) is 39.6 Å². The predicted molar refractivity (Wildman–Crippen MR) is 106 cm³/mol. The summed E-state index contributed by atoms with van der Waals surface area (Å²) >= 11 is 0. The molecule has 0 saturated heterocycles. The third kappa shape index (κ3) is 4.82. The number of aromatic nitrogens is 2. The summed E-state index contributed by atoms with van der Waals surface area (Å²) in [6.07, 6.45) is 6.22. The van der Waals surface area contributed by atoms with Crippen molar-refractivity contribution in [1.82, 2.24) is 9.78 Å². The molecule has 0 atom stereocenters. The molecule has 0 aliphatic carbocycles. The monoisotopic (exact) mass is 394 g/mol. The van der Waals surface area contributed by atoms with Gasteiger partial charge in [-0.3, -0.25) is 4.79 Å². The van der Waals surface area contributed by atoms with E-state index in [1.807, 2.05) is 0 Å². The third-order valence-electron chi connectivity index (χ3n) is 3.87. The van der Waals surface area contributed by atoms with Gasteiger partial charge in [0.2, 0.25) is 0 Å². The van der Waals surface area contributed by atoms with Crippen LogP contribution in [0.5, 0.6) is 11.5 Å². The van der Waals surface area contributed by atoms with E-state index < -0.39 is 16.0 Å². The lowest BCUT2D eigenvalue weighted by atomic mass is 10.1. The van der Waals surface area contributed by atoms with E-state index in [1.165, 1.54) is 11.8 Å². The summed E-state index contributed by atoms with van der Waals surface area (Å²) in [7, 11) is 1.87. The van der Waals surface area contributed by atoms with Gasteiger partial charge >= 0.3 is 5.97 Å². The summed E-state index contributed by atoms with van der Waals surface area (Å²) in [5.41, 5.74) is 0.670. The molecule has 148 valence electrons. The minimum atomic E-state index is -1.17. The molecule has 0 saturated carbocycles. The van der Waals surface area contributed by atoms with Gasteiger partial charge in [-0.25, -0.2) is 19.5 Å². The van der Waals surface area contributed by atoms with Crippen LogP contribution in [0.3, 0.4) is 0 Å². The average Bonchev–Trinajstić information content (AvgIpc) is 3.05. The van der Waals surface area contributed by atoms with Gasteiger partial charge in [0, 0.05) is 12.1 Å². The van der Waals surface area contributed by atoms with Gasteiger partial charge in [0.1, 0.15) is 28.8 Å². The van der Waals surface area contributed by atoms with Gasteiger partial charge in [-0.2, -0.15) is 5.10 Å². The van der Waals surface area contributed by atoms with Crippen molar-refractivity contribution in [3.63, 3.8) is 0 Å². The molecule has 1 heterocycles. The van der Waals surface area contributed by atoms with E-state index in [2.05, 4.69) is 23.9 Å². The Morgan fingerprint density at radius 3 is 2.37 bits per heavy atom. The number of carbonyl (C=O) groups is 2. The van der Waals surface area contributed by atoms with E-state index in [0.29, 0.717) is 17.1 Å². The summed E-state index contributed by atoms with van der Waals surface area (Å²) in [5, 5.41) is 5.30. The number of benzene rings is 1. The van der Waals surface area contributed by atoms with Crippen LogP contribution < -0.4 is 9.47 Å². The van der Waals surface area contributed by atoms with E-state index >= 15 is 0 Å². The minimum absolute atomic E-state index is 0.0909. The van der Waals surface area contributed by atoms with Gasteiger partial charge in [-0.1, -0.05) is 0 Å². The Morgan fingerprint density at radius 2 is 1.81 bits per heavy atom. The molecule has 0 unspecified atom stereocenters. The smallest absolute Gasteiger partial charge is 0.356 e. The van der Waals surface area contributed by atoms with Gasteiger partial charge in [0.25, 0.3) is 0 Å². The molecule has 1 aromatic heterocycles. The predicted octanol–water partition coefficient (Wildman–Crippen LogP) is 3.01. The fourth-order valence-corrected chi connectivity index (χ4v) is 3.24. The first-order chi connectivity index (χ1) is 12.7. The molecule has 0 amide bonds. The molecule has 7 nitrogen and oxygen atoms in total. The lowest BCUT2D eigenvalue weighted by Crippen LogP contribution is -2.19. The Labute approximate surface area is 160 Å². The number of esters is 1. The number of hydrogen-bond donors (Lipinski definition) is 0. The average molecular weight is 394 g/mol. The topological polar surface area (TPSA) is 79.7 Å². The maximum absolute atomic E-state index is 12.9. The standard InChI is InChI=1S/C19H26N2O5S/c1-7-26-19(23)15-11-18(27(4,5)6)20-21(15)12-16(22)14-9-8-13(24-2)10-17(14)25-3/h8-11H,7,12H2,1-6H3. The third-order valence-corrected chi connectivity index (χ3v) is 5.33. The molecule has 2 aromatic rings. The number of carbonyl (C=O) groups excluding carboxylic acids is 2. The summed E-state index contributed by atoms with van der Waals surface area (Å²) < 4.78 is 17.0. The Balaban J connectivity index is 2.39. The Hall–Kier alpha value is -2.48. The Morgan fingerprint density at radius 1 is 1.11 bits per heavy atom. The molecule has 0 N–H and O–H groups in total. The lowest BCUT2D eigenvalue weighted by molar-refractivity contribution is 0.0512. The largest absolute Gasteiger partial charge is 0.497 e. The molecule has 8 heteroatoms. The molecule has 0 radical (unpaired) electrons. The quantitative estimate of drug-likeness (QED) is 0.506. The van der Waals surface area contributed by atoms with E-state index in [0.717, 1.165) is 5.03 Å². The first-order valence-corrected chi connectivity index (χ1v) is 11.3. The number of ether oxygens (including phenoxy) is 3. The molecule has 0 aliphatic heterocycles. The molecule has 2 rings (SSSR count). The summed E-state index contributed by atoms with van der Waals surface area (Å²) in [6.45, 7) is 1.90. The van der Waals surface area contributed by atoms with Crippen molar-refractivity contribution in [3.8, 4) is 11.5 Å². The second-order valence-electron chi connectivity index (χ2n) is 6.57. The highest BCUT2D eigenvalue weighted by molar-refractivity contribution is 8.32. The van der Waals surface area contributed by atoms with Crippen molar-refractivity contribution in [2.24, 2.45) is 0 Å². The molecule has 0 aliphatic rings. The molecule has 0 fully saturated rings. The van der Waals surface area contributed by atoms with Gasteiger partial charge in [0.15, 0.2) is 5.78 Å². The number of methoxy groups -OCH3 is 2. The van der Waals surface area contributed by atoms with Crippen molar-refractivity contribution >= 4 is 21.8 Å². The number of ketones is 1. The summed E-state index contributed by atoms with van der Waals surface area (Å²) in [4.78, 5) is 25.2. The normalized spacial score (nSPS) is 11.8. The van der Waals surface area contributed by atoms with Crippen molar-refractivity contribution < 1.29 is 23.8 Å². The Bertz CT molecular complexity index is 839. The molecular weight excluding hydrogens is 368 g/mol. The van der Waals surface area contributed by atoms with Crippen LogP contribution in [0.1, 0.15) is 27.8 Å². The second kappa shape index (κ2) is 8.47. The number of Topliss-reactive ketones (excluding diaryl/α,β-unsaturated/α-hetero) is 1. The maximum atomic E-state index is 12.9. The molecule has 0 spiro atoms. The lowest BCUT2D eigenvalue weighted by Gasteiger charge is -2.21. The highest BCUT2D eigenvalue weighted by Crippen LogP contribution is 2.44. The van der Waals surface area contributed by atoms with Gasteiger partial charge in [-0.15, -0.1) is 0 Å². The zero-order valence-electron chi connectivity index (χ0n) is 16.6. The SMILES string of the molecule is CCOC(=O)c1cc(S(C)(C)C)nn1CC(=O)c1ccc(OC)cc1OC. The van der Waals surface area contributed by atoms with Crippen LogP contribution in [-0.4, -0.2) is 61.1 Å². The van der Waals surface area contributed by atoms with Crippen molar-refractivity contribution in [2.45, 2.75) is 18.5 Å². The molecule has 27 heavy (non-hydrogen) atoms. The fraction of sp³-hybridized carbons (Fsp3) is 0.421. The number of rotatable bonds is 8. The van der Waals surface area contributed by atoms with Crippen LogP contribution in [0.2, 0.25) is 0 Å². The first-order valence-electron chi connectivity index (χ1n) is 8.39. The highest BCUT2D eigenvalue weighted by Gasteiger charge is 2.23. The van der Waals surface area contributed by atoms with E-state index in [-0.39, 0.29) is 24.6 Å². The van der Waals surface area contributed by atoms with E-state index in [1.54, 1.807) is 38.3 Å².